The number of aromatic amines is 1. The van der Waals surface area contributed by atoms with Crippen molar-refractivity contribution in [2.45, 2.75) is 25.9 Å². The molecule has 118 valence electrons. The summed E-state index contributed by atoms with van der Waals surface area (Å²) in [6.45, 7) is 3.90. The van der Waals surface area contributed by atoms with Crippen LogP contribution < -0.4 is 0 Å². The first-order chi connectivity index (χ1) is 11.3. The normalized spacial score (nSPS) is 12.4. The number of rotatable bonds is 7. The number of hydrogen-bond acceptors (Lipinski definition) is 4. The summed E-state index contributed by atoms with van der Waals surface area (Å²) in [5.41, 5.74) is 3.29. The van der Waals surface area contributed by atoms with E-state index in [2.05, 4.69) is 43.9 Å². The molecular weight excluding hydrogens is 286 g/mol. The molecule has 3 heterocycles. The molecule has 0 aromatic carbocycles. The monoisotopic (exact) mass is 307 g/mol. The van der Waals surface area contributed by atoms with Crippen molar-refractivity contribution >= 4 is 0 Å². The molecule has 3 aromatic heterocycles. The molecule has 3 aromatic rings. The molecule has 0 aliphatic heterocycles. The molecule has 1 N–H and O–H groups in total. The number of imidazole rings is 1. The predicted octanol–water partition coefficient (Wildman–Crippen LogP) is 3.01. The average Bonchev–Trinajstić information content (AvgIpc) is 3.13. The molecule has 5 heteroatoms. The molecular formula is C18H21N5. The van der Waals surface area contributed by atoms with Gasteiger partial charge >= 0.3 is 0 Å². The van der Waals surface area contributed by atoms with E-state index >= 15 is 0 Å². The molecule has 0 amide bonds. The van der Waals surface area contributed by atoms with Crippen molar-refractivity contribution in [3.8, 4) is 0 Å². The maximum absolute atomic E-state index is 4.50. The Bertz CT molecular complexity index is 682. The fourth-order valence-corrected chi connectivity index (χ4v) is 2.60. The zero-order valence-corrected chi connectivity index (χ0v) is 13.3. The fraction of sp³-hybridized carbons (Fsp3) is 0.278. The second kappa shape index (κ2) is 7.65. The Balaban J connectivity index is 1.74. The molecule has 0 fully saturated rings. The summed E-state index contributed by atoms with van der Waals surface area (Å²) in [5.74, 6) is 0. The van der Waals surface area contributed by atoms with Crippen LogP contribution >= 0.6 is 0 Å². The van der Waals surface area contributed by atoms with Crippen molar-refractivity contribution in [2.24, 2.45) is 0 Å². The van der Waals surface area contributed by atoms with Gasteiger partial charge in [-0.15, -0.1) is 0 Å². The van der Waals surface area contributed by atoms with Gasteiger partial charge in [0.05, 0.1) is 17.7 Å². The molecule has 1 atom stereocenters. The summed E-state index contributed by atoms with van der Waals surface area (Å²) in [6.07, 6.45) is 8.21. The lowest BCUT2D eigenvalue weighted by Gasteiger charge is -2.28. The number of nitrogens with one attached hydrogen (secondary N) is 1. The van der Waals surface area contributed by atoms with Crippen molar-refractivity contribution in [1.82, 2.24) is 24.8 Å². The van der Waals surface area contributed by atoms with E-state index < -0.39 is 0 Å². The van der Waals surface area contributed by atoms with Gasteiger partial charge < -0.3 is 4.98 Å². The van der Waals surface area contributed by atoms with Gasteiger partial charge in [-0.2, -0.15) is 0 Å². The molecule has 5 nitrogen and oxygen atoms in total. The van der Waals surface area contributed by atoms with Crippen LogP contribution in [0.25, 0.3) is 0 Å². The zero-order valence-electron chi connectivity index (χ0n) is 13.3. The first kappa shape index (κ1) is 15.4. The van der Waals surface area contributed by atoms with Crippen molar-refractivity contribution in [3.63, 3.8) is 0 Å². The lowest BCUT2D eigenvalue weighted by atomic mass is 10.1. The Morgan fingerprint density at radius 2 is 1.91 bits per heavy atom. The number of aromatic nitrogens is 4. The second-order valence-electron chi connectivity index (χ2n) is 5.55. The van der Waals surface area contributed by atoms with Crippen LogP contribution in [0.3, 0.4) is 0 Å². The molecule has 0 radical (unpaired) electrons. The minimum absolute atomic E-state index is 0.223. The Labute approximate surface area is 136 Å². The topological polar surface area (TPSA) is 57.7 Å². The molecule has 1 unspecified atom stereocenters. The van der Waals surface area contributed by atoms with Crippen molar-refractivity contribution in [3.05, 3.63) is 78.4 Å². The standard InChI is InChI=1S/C18H21N5/c1-15(18-7-3-5-10-21-18)23(11-8-16-12-19-14-22-16)13-17-6-2-4-9-20-17/h2-7,9-10,12,14-15H,8,11,13H2,1H3,(H,19,22). The van der Waals surface area contributed by atoms with Gasteiger partial charge in [-0.25, -0.2) is 4.98 Å². The summed E-state index contributed by atoms with van der Waals surface area (Å²) in [7, 11) is 0. The Morgan fingerprint density at radius 3 is 2.57 bits per heavy atom. The van der Waals surface area contributed by atoms with Gasteiger partial charge in [-0.05, 0) is 31.2 Å². The Kier molecular flexibility index (Phi) is 5.11. The van der Waals surface area contributed by atoms with E-state index in [1.807, 2.05) is 42.9 Å². The molecule has 0 bridgehead atoms. The van der Waals surface area contributed by atoms with Gasteiger partial charge in [0, 0.05) is 49.8 Å². The van der Waals surface area contributed by atoms with E-state index in [0.29, 0.717) is 0 Å². The molecule has 0 saturated heterocycles. The molecule has 0 aliphatic rings. The van der Waals surface area contributed by atoms with E-state index in [-0.39, 0.29) is 6.04 Å². The van der Waals surface area contributed by atoms with Gasteiger partial charge in [0.25, 0.3) is 0 Å². The maximum Gasteiger partial charge on any atom is 0.0921 e. The fourth-order valence-electron chi connectivity index (χ4n) is 2.60. The highest BCUT2D eigenvalue weighted by molar-refractivity contribution is 5.10. The SMILES string of the molecule is CC(c1ccccn1)N(CCc1cnc[nH]1)Cc1ccccn1. The van der Waals surface area contributed by atoms with E-state index in [9.17, 15) is 0 Å². The molecule has 0 aliphatic carbocycles. The third-order valence-corrected chi connectivity index (χ3v) is 3.98. The van der Waals surface area contributed by atoms with Gasteiger partial charge in [-0.1, -0.05) is 12.1 Å². The molecule has 23 heavy (non-hydrogen) atoms. The Morgan fingerprint density at radius 1 is 1.09 bits per heavy atom. The summed E-state index contributed by atoms with van der Waals surface area (Å²) in [5, 5.41) is 0. The lowest BCUT2D eigenvalue weighted by Crippen LogP contribution is -2.29. The van der Waals surface area contributed by atoms with Crippen LogP contribution in [0.15, 0.2) is 61.3 Å². The highest BCUT2D eigenvalue weighted by Gasteiger charge is 2.17. The summed E-state index contributed by atoms with van der Waals surface area (Å²) in [4.78, 5) is 18.6. The van der Waals surface area contributed by atoms with Crippen molar-refractivity contribution in [1.29, 1.82) is 0 Å². The molecule has 0 spiro atoms. The maximum atomic E-state index is 4.50. The largest absolute Gasteiger partial charge is 0.348 e. The van der Waals surface area contributed by atoms with Crippen LogP contribution in [0.1, 0.15) is 30.0 Å². The van der Waals surface area contributed by atoms with E-state index in [4.69, 9.17) is 0 Å². The summed E-state index contributed by atoms with van der Waals surface area (Å²) in [6, 6.07) is 12.3. The van der Waals surface area contributed by atoms with Crippen molar-refractivity contribution < 1.29 is 0 Å². The van der Waals surface area contributed by atoms with Crippen LogP contribution in [-0.4, -0.2) is 31.4 Å². The second-order valence-corrected chi connectivity index (χ2v) is 5.55. The van der Waals surface area contributed by atoms with Crippen LogP contribution in [0.2, 0.25) is 0 Å². The highest BCUT2D eigenvalue weighted by Crippen LogP contribution is 2.20. The van der Waals surface area contributed by atoms with E-state index in [1.54, 1.807) is 6.33 Å². The van der Waals surface area contributed by atoms with Crippen LogP contribution in [0.5, 0.6) is 0 Å². The van der Waals surface area contributed by atoms with E-state index in [0.717, 1.165) is 36.6 Å². The lowest BCUT2D eigenvalue weighted by molar-refractivity contribution is 0.197. The first-order valence-electron chi connectivity index (χ1n) is 7.85. The minimum atomic E-state index is 0.223. The quantitative estimate of drug-likeness (QED) is 0.729. The number of pyridine rings is 2. The highest BCUT2D eigenvalue weighted by atomic mass is 15.2. The minimum Gasteiger partial charge on any atom is -0.348 e. The van der Waals surface area contributed by atoms with Crippen LogP contribution in [-0.2, 0) is 13.0 Å². The Hall–Kier alpha value is -2.53. The van der Waals surface area contributed by atoms with Gasteiger partial charge in [0.1, 0.15) is 0 Å². The number of hydrogen-bond donors (Lipinski definition) is 1. The van der Waals surface area contributed by atoms with Crippen LogP contribution in [0.4, 0.5) is 0 Å². The van der Waals surface area contributed by atoms with Gasteiger partial charge in [-0.3, -0.25) is 14.9 Å². The van der Waals surface area contributed by atoms with E-state index in [1.165, 1.54) is 0 Å². The van der Waals surface area contributed by atoms with Gasteiger partial charge in [0.2, 0.25) is 0 Å². The van der Waals surface area contributed by atoms with Gasteiger partial charge in [0.15, 0.2) is 0 Å². The van der Waals surface area contributed by atoms with Crippen molar-refractivity contribution in [2.75, 3.05) is 6.54 Å². The smallest absolute Gasteiger partial charge is 0.0921 e. The summed E-state index contributed by atoms with van der Waals surface area (Å²) < 4.78 is 0. The molecule has 3 rings (SSSR count). The summed E-state index contributed by atoms with van der Waals surface area (Å²) >= 11 is 0. The number of H-pyrrole nitrogens is 1. The first-order valence-corrected chi connectivity index (χ1v) is 7.85. The predicted molar refractivity (Wildman–Crippen MR) is 89.6 cm³/mol. The molecule has 0 saturated carbocycles. The zero-order chi connectivity index (χ0) is 15.9. The van der Waals surface area contributed by atoms with Crippen LogP contribution in [0, 0.1) is 0 Å². The number of nitrogens with zero attached hydrogens (tertiary/aromatic N) is 4. The average molecular weight is 307 g/mol. The third kappa shape index (κ3) is 4.23. The third-order valence-electron chi connectivity index (χ3n) is 3.98.